The molecule has 0 bridgehead atoms. The lowest BCUT2D eigenvalue weighted by Gasteiger charge is -2.34. The molecule has 0 aromatic heterocycles. The Kier molecular flexibility index (Phi) is 4.00. The molecule has 0 aromatic carbocycles. The van der Waals surface area contributed by atoms with Gasteiger partial charge in [0.2, 0.25) is 0 Å². The molecule has 84 valence electrons. The lowest BCUT2D eigenvalue weighted by Crippen LogP contribution is -2.52. The summed E-state index contributed by atoms with van der Waals surface area (Å²) in [5.74, 6) is -4.97. The summed E-state index contributed by atoms with van der Waals surface area (Å²) in [6.45, 7) is 3.44. The number of carboxylic acids is 1. The van der Waals surface area contributed by atoms with E-state index in [1.165, 1.54) is 0 Å². The average molecular weight is 209 g/mol. The SMILES string of the molecule is CC(C)CC(CN)(C(=O)O)C(C)(F)F. The van der Waals surface area contributed by atoms with Crippen LogP contribution in [0.4, 0.5) is 8.78 Å². The van der Waals surface area contributed by atoms with E-state index in [4.69, 9.17) is 10.8 Å². The number of nitrogens with two attached hydrogens (primary N) is 1. The predicted octanol–water partition coefficient (Wildman–Crippen LogP) is 1.72. The standard InChI is InChI=1S/C9H17F2NO2/c1-6(2)4-9(5-12,7(13)14)8(3,10)11/h6H,4-5,12H2,1-3H3,(H,13,14). The third-order valence-electron chi connectivity index (χ3n) is 2.35. The zero-order valence-electron chi connectivity index (χ0n) is 8.68. The molecule has 0 heterocycles. The van der Waals surface area contributed by atoms with Crippen LogP contribution >= 0.6 is 0 Å². The van der Waals surface area contributed by atoms with Crippen LogP contribution in [0, 0.1) is 11.3 Å². The highest BCUT2D eigenvalue weighted by atomic mass is 19.3. The molecule has 1 unspecified atom stereocenters. The second-order valence-electron chi connectivity index (χ2n) is 4.08. The predicted molar refractivity (Wildman–Crippen MR) is 49.2 cm³/mol. The summed E-state index contributed by atoms with van der Waals surface area (Å²) >= 11 is 0. The van der Waals surface area contributed by atoms with Gasteiger partial charge < -0.3 is 10.8 Å². The Hall–Kier alpha value is -0.710. The average Bonchev–Trinajstić information content (AvgIpc) is 1.96. The number of carboxylic acid groups (broad SMARTS) is 1. The van der Waals surface area contributed by atoms with Crippen molar-refractivity contribution >= 4 is 5.97 Å². The molecule has 0 aliphatic carbocycles. The highest BCUT2D eigenvalue weighted by molar-refractivity contribution is 5.76. The van der Waals surface area contributed by atoms with E-state index in [0.717, 1.165) is 0 Å². The summed E-state index contributed by atoms with van der Waals surface area (Å²) in [4.78, 5) is 10.9. The summed E-state index contributed by atoms with van der Waals surface area (Å²) in [5, 5.41) is 8.85. The maximum absolute atomic E-state index is 13.2. The zero-order chi connectivity index (χ0) is 11.6. The van der Waals surface area contributed by atoms with Crippen LogP contribution in [0.5, 0.6) is 0 Å². The Labute approximate surface area is 82.3 Å². The summed E-state index contributed by atoms with van der Waals surface area (Å²) in [5.41, 5.74) is 3.04. The van der Waals surface area contributed by atoms with Crippen molar-refractivity contribution in [2.24, 2.45) is 17.1 Å². The quantitative estimate of drug-likeness (QED) is 0.724. The summed E-state index contributed by atoms with van der Waals surface area (Å²) in [7, 11) is 0. The minimum atomic E-state index is -3.31. The van der Waals surface area contributed by atoms with Gasteiger partial charge >= 0.3 is 5.97 Å². The van der Waals surface area contributed by atoms with Gasteiger partial charge in [0.25, 0.3) is 5.92 Å². The van der Waals surface area contributed by atoms with E-state index in [2.05, 4.69) is 0 Å². The number of halogens is 2. The Balaban J connectivity index is 5.10. The van der Waals surface area contributed by atoms with Crippen LogP contribution < -0.4 is 5.73 Å². The van der Waals surface area contributed by atoms with E-state index in [-0.39, 0.29) is 12.3 Å². The molecule has 14 heavy (non-hydrogen) atoms. The highest BCUT2D eigenvalue weighted by Crippen LogP contribution is 2.41. The van der Waals surface area contributed by atoms with E-state index < -0.39 is 23.9 Å². The molecule has 0 fully saturated rings. The maximum atomic E-state index is 13.2. The normalized spacial score (nSPS) is 16.8. The van der Waals surface area contributed by atoms with Gasteiger partial charge in [0.15, 0.2) is 0 Å². The van der Waals surface area contributed by atoms with E-state index in [0.29, 0.717) is 6.92 Å². The smallest absolute Gasteiger partial charge is 0.317 e. The van der Waals surface area contributed by atoms with E-state index in [9.17, 15) is 13.6 Å². The number of alkyl halides is 2. The maximum Gasteiger partial charge on any atom is 0.317 e. The molecule has 0 saturated heterocycles. The topological polar surface area (TPSA) is 63.3 Å². The fourth-order valence-electron chi connectivity index (χ4n) is 1.50. The second-order valence-corrected chi connectivity index (χ2v) is 4.08. The molecule has 3 N–H and O–H groups in total. The van der Waals surface area contributed by atoms with Crippen LogP contribution in [0.25, 0.3) is 0 Å². The highest BCUT2D eigenvalue weighted by Gasteiger charge is 2.55. The minimum Gasteiger partial charge on any atom is -0.481 e. The van der Waals surface area contributed by atoms with Crippen molar-refractivity contribution in [3.63, 3.8) is 0 Å². The number of carbonyl (C=O) groups is 1. The van der Waals surface area contributed by atoms with Crippen molar-refractivity contribution in [3.05, 3.63) is 0 Å². The molecular formula is C9H17F2NO2. The molecule has 0 spiro atoms. The third-order valence-corrected chi connectivity index (χ3v) is 2.35. The van der Waals surface area contributed by atoms with Crippen molar-refractivity contribution in [2.75, 3.05) is 6.54 Å². The molecule has 5 heteroatoms. The minimum absolute atomic E-state index is 0.123. The van der Waals surface area contributed by atoms with Crippen LogP contribution in [0.1, 0.15) is 27.2 Å². The second kappa shape index (κ2) is 4.21. The first-order valence-corrected chi connectivity index (χ1v) is 4.48. The van der Waals surface area contributed by atoms with Crippen LogP contribution in [0.15, 0.2) is 0 Å². The Morgan fingerprint density at radius 3 is 2.00 bits per heavy atom. The number of rotatable bonds is 5. The summed E-state index contributed by atoms with van der Waals surface area (Å²) in [6, 6.07) is 0. The molecule has 0 aromatic rings. The van der Waals surface area contributed by atoms with Crippen molar-refractivity contribution in [1.29, 1.82) is 0 Å². The van der Waals surface area contributed by atoms with Crippen LogP contribution in [0.3, 0.4) is 0 Å². The van der Waals surface area contributed by atoms with Gasteiger partial charge in [-0.1, -0.05) is 13.8 Å². The molecule has 3 nitrogen and oxygen atoms in total. The molecule has 0 amide bonds. The summed E-state index contributed by atoms with van der Waals surface area (Å²) < 4.78 is 26.4. The van der Waals surface area contributed by atoms with Gasteiger partial charge in [-0.2, -0.15) is 0 Å². The fourth-order valence-corrected chi connectivity index (χ4v) is 1.50. The molecular weight excluding hydrogens is 192 g/mol. The van der Waals surface area contributed by atoms with Gasteiger partial charge in [0, 0.05) is 13.5 Å². The number of hydrogen-bond acceptors (Lipinski definition) is 2. The van der Waals surface area contributed by atoms with Gasteiger partial charge in [-0.3, -0.25) is 4.79 Å². The molecule has 1 atom stereocenters. The molecule has 0 aliphatic rings. The first kappa shape index (κ1) is 13.3. The van der Waals surface area contributed by atoms with Crippen molar-refractivity contribution in [3.8, 4) is 0 Å². The van der Waals surface area contributed by atoms with Gasteiger partial charge in [-0.05, 0) is 12.3 Å². The van der Waals surface area contributed by atoms with E-state index >= 15 is 0 Å². The third kappa shape index (κ3) is 2.41. The monoisotopic (exact) mass is 209 g/mol. The molecule has 0 radical (unpaired) electrons. The van der Waals surface area contributed by atoms with Crippen LogP contribution in [0.2, 0.25) is 0 Å². The van der Waals surface area contributed by atoms with E-state index in [1.54, 1.807) is 13.8 Å². The molecule has 0 saturated carbocycles. The fraction of sp³-hybridized carbons (Fsp3) is 0.889. The largest absolute Gasteiger partial charge is 0.481 e. The lowest BCUT2D eigenvalue weighted by atomic mass is 9.75. The van der Waals surface area contributed by atoms with Gasteiger partial charge in [0.05, 0.1) is 0 Å². The van der Waals surface area contributed by atoms with Crippen molar-refractivity contribution in [2.45, 2.75) is 33.1 Å². The number of aliphatic carboxylic acids is 1. The van der Waals surface area contributed by atoms with Gasteiger partial charge in [-0.15, -0.1) is 0 Å². The van der Waals surface area contributed by atoms with Gasteiger partial charge in [-0.25, -0.2) is 8.78 Å². The Morgan fingerprint density at radius 2 is 1.93 bits per heavy atom. The Bertz CT molecular complexity index is 213. The van der Waals surface area contributed by atoms with Crippen molar-refractivity contribution < 1.29 is 18.7 Å². The van der Waals surface area contributed by atoms with Crippen molar-refractivity contribution in [1.82, 2.24) is 0 Å². The van der Waals surface area contributed by atoms with Crippen LogP contribution in [-0.4, -0.2) is 23.5 Å². The number of hydrogen-bond donors (Lipinski definition) is 2. The first-order valence-electron chi connectivity index (χ1n) is 4.48. The summed E-state index contributed by atoms with van der Waals surface area (Å²) in [6.07, 6.45) is -0.123. The first-order chi connectivity index (χ1) is 6.17. The zero-order valence-corrected chi connectivity index (χ0v) is 8.68. The van der Waals surface area contributed by atoms with E-state index in [1.807, 2.05) is 0 Å². The lowest BCUT2D eigenvalue weighted by molar-refractivity contribution is -0.176. The van der Waals surface area contributed by atoms with Crippen LogP contribution in [-0.2, 0) is 4.79 Å². The molecule has 0 aliphatic heterocycles. The molecule has 0 rings (SSSR count). The van der Waals surface area contributed by atoms with Gasteiger partial charge in [0.1, 0.15) is 5.41 Å². The Morgan fingerprint density at radius 1 is 1.50 bits per heavy atom.